The second-order valence-electron chi connectivity index (χ2n) is 8.43. The van der Waals surface area contributed by atoms with Gasteiger partial charge in [-0.2, -0.15) is 0 Å². The van der Waals surface area contributed by atoms with Crippen LogP contribution in [-0.4, -0.2) is 53.4 Å². The van der Waals surface area contributed by atoms with Crippen LogP contribution in [0.1, 0.15) is 29.2 Å². The molecule has 2 aromatic carbocycles. The molecule has 0 saturated heterocycles. The summed E-state index contributed by atoms with van der Waals surface area (Å²) in [5.74, 6) is 0.426. The number of nitrogens with one attached hydrogen (secondary N) is 1. The fourth-order valence-electron chi connectivity index (χ4n) is 4.50. The van der Waals surface area contributed by atoms with Crippen molar-refractivity contribution in [3.8, 4) is 46.0 Å². The number of benzene rings is 2. The highest BCUT2D eigenvalue weighted by molar-refractivity contribution is 5.92. The number of fused-ring (bicyclic) bond motifs is 1. The summed E-state index contributed by atoms with van der Waals surface area (Å²) in [6, 6.07) is 6.01. The van der Waals surface area contributed by atoms with Crippen molar-refractivity contribution < 1.29 is 47.5 Å². The number of amides is 1. The summed E-state index contributed by atoms with van der Waals surface area (Å²) in [5, 5.41) is 13.6. The van der Waals surface area contributed by atoms with Crippen LogP contribution in [0.4, 0.5) is 5.69 Å². The monoisotopic (exact) mass is 543 g/mol. The lowest BCUT2D eigenvalue weighted by Gasteiger charge is -2.22. The normalized spacial score (nSPS) is 12.5. The minimum Gasteiger partial charge on any atom is -0.507 e. The average Bonchev–Trinajstić information content (AvgIpc) is 3.40. The number of hydrogen-bond acceptors (Lipinski definition) is 11. The van der Waals surface area contributed by atoms with Crippen molar-refractivity contribution >= 4 is 11.6 Å². The van der Waals surface area contributed by atoms with E-state index in [1.807, 2.05) is 0 Å². The second kappa shape index (κ2) is 11.3. The van der Waals surface area contributed by atoms with E-state index in [1.165, 1.54) is 48.5 Å². The van der Waals surface area contributed by atoms with Gasteiger partial charge in [0.05, 0.1) is 41.1 Å². The number of ether oxygens (including phenoxy) is 7. The van der Waals surface area contributed by atoms with Crippen molar-refractivity contribution in [2.45, 2.75) is 19.3 Å². The predicted molar refractivity (Wildman–Crippen MR) is 138 cm³/mol. The molecule has 0 unspecified atom stereocenters. The Kier molecular flexibility index (Phi) is 7.93. The topological polar surface area (TPSA) is 144 Å². The Bertz CT molecular complexity index is 1420. The first-order chi connectivity index (χ1) is 18.8. The van der Waals surface area contributed by atoms with Crippen molar-refractivity contribution in [3.63, 3.8) is 0 Å². The van der Waals surface area contributed by atoms with Crippen molar-refractivity contribution in [1.82, 2.24) is 0 Å². The predicted octanol–water partition coefficient (Wildman–Crippen LogP) is 3.59. The number of rotatable bonds is 10. The molecule has 0 fully saturated rings. The molecule has 12 nitrogen and oxygen atoms in total. The lowest BCUT2D eigenvalue weighted by molar-refractivity contribution is -0.116. The first kappa shape index (κ1) is 27.3. The molecule has 208 valence electrons. The van der Waals surface area contributed by atoms with E-state index in [4.69, 9.17) is 37.6 Å². The van der Waals surface area contributed by atoms with Gasteiger partial charge in [0.2, 0.25) is 29.9 Å². The largest absolute Gasteiger partial charge is 0.507 e. The Balaban J connectivity index is 1.81. The van der Waals surface area contributed by atoms with E-state index < -0.39 is 17.5 Å². The van der Waals surface area contributed by atoms with Crippen molar-refractivity contribution in [2.75, 3.05) is 47.7 Å². The van der Waals surface area contributed by atoms with Crippen LogP contribution in [0.15, 0.2) is 33.5 Å². The van der Waals surface area contributed by atoms with Crippen LogP contribution >= 0.6 is 0 Å². The van der Waals surface area contributed by atoms with E-state index in [9.17, 15) is 14.7 Å². The first-order valence-electron chi connectivity index (χ1n) is 11.7. The Morgan fingerprint density at radius 1 is 0.897 bits per heavy atom. The molecule has 12 heteroatoms. The van der Waals surface area contributed by atoms with Gasteiger partial charge in [-0.15, -0.1) is 0 Å². The van der Waals surface area contributed by atoms with Gasteiger partial charge >= 0.3 is 5.63 Å². The van der Waals surface area contributed by atoms with E-state index in [-0.39, 0.29) is 41.8 Å². The zero-order chi connectivity index (χ0) is 28.3. The highest BCUT2D eigenvalue weighted by atomic mass is 16.7. The molecule has 1 aliphatic heterocycles. The van der Waals surface area contributed by atoms with Crippen LogP contribution in [-0.2, 0) is 4.79 Å². The van der Waals surface area contributed by atoms with E-state index >= 15 is 0 Å². The zero-order valence-corrected chi connectivity index (χ0v) is 22.3. The van der Waals surface area contributed by atoms with E-state index in [2.05, 4.69) is 5.32 Å². The molecular weight excluding hydrogens is 514 g/mol. The number of anilines is 1. The summed E-state index contributed by atoms with van der Waals surface area (Å²) in [6.45, 7) is 1.46. The summed E-state index contributed by atoms with van der Waals surface area (Å²) in [4.78, 5) is 26.4. The van der Waals surface area contributed by atoms with Crippen molar-refractivity contribution in [2.24, 2.45) is 0 Å². The smallest absolute Gasteiger partial charge is 0.343 e. The third-order valence-corrected chi connectivity index (χ3v) is 6.17. The van der Waals surface area contributed by atoms with Gasteiger partial charge in [-0.05, 0) is 13.0 Å². The first-order valence-corrected chi connectivity index (χ1v) is 11.7. The van der Waals surface area contributed by atoms with Gasteiger partial charge < -0.3 is 48.0 Å². The molecule has 0 aliphatic carbocycles. The van der Waals surface area contributed by atoms with Gasteiger partial charge in [0.25, 0.3) is 0 Å². The molecule has 39 heavy (non-hydrogen) atoms. The number of aryl methyl sites for hydroxylation is 1. The minimum absolute atomic E-state index is 0.0737. The van der Waals surface area contributed by atoms with Crippen LogP contribution in [0, 0.1) is 6.92 Å². The molecule has 2 N–H and O–H groups in total. The molecule has 1 aliphatic rings. The summed E-state index contributed by atoms with van der Waals surface area (Å²) in [6.07, 6.45) is -0.308. The molecule has 0 bridgehead atoms. The SMILES string of the molecule is COc1cc(NC(=O)C[C@H](c2cc(OC)c3c(c2OC)OCO3)c2c(O)cc(C)oc2=O)cc(OC)c1OC. The van der Waals surface area contributed by atoms with E-state index in [0.29, 0.717) is 40.0 Å². The highest BCUT2D eigenvalue weighted by Crippen LogP contribution is 2.53. The average molecular weight is 544 g/mol. The lowest BCUT2D eigenvalue weighted by Crippen LogP contribution is -2.21. The fraction of sp³-hybridized carbons (Fsp3) is 0.333. The Hall–Kier alpha value is -4.74. The highest BCUT2D eigenvalue weighted by Gasteiger charge is 2.34. The number of hydrogen-bond donors (Lipinski definition) is 2. The summed E-state index contributed by atoms with van der Waals surface area (Å²) >= 11 is 0. The Labute approximate surface area is 223 Å². The molecule has 3 aromatic rings. The number of carbonyl (C=O) groups is 1. The number of carbonyl (C=O) groups excluding carboxylic acids is 1. The van der Waals surface area contributed by atoms with Gasteiger partial charge in [-0.1, -0.05) is 0 Å². The summed E-state index contributed by atoms with van der Waals surface area (Å²) in [7, 11) is 7.24. The Morgan fingerprint density at radius 3 is 2.08 bits per heavy atom. The van der Waals surface area contributed by atoms with Gasteiger partial charge in [0.15, 0.2) is 23.0 Å². The van der Waals surface area contributed by atoms with Crippen LogP contribution < -0.4 is 44.1 Å². The van der Waals surface area contributed by atoms with E-state index in [0.717, 1.165) is 0 Å². The maximum absolute atomic E-state index is 13.4. The van der Waals surface area contributed by atoms with Crippen molar-refractivity contribution in [3.05, 3.63) is 51.6 Å². The quantitative estimate of drug-likeness (QED) is 0.387. The van der Waals surface area contributed by atoms with Gasteiger partial charge in [-0.3, -0.25) is 4.79 Å². The molecule has 4 rings (SSSR count). The number of methoxy groups -OCH3 is 5. The van der Waals surface area contributed by atoms with E-state index in [1.54, 1.807) is 18.2 Å². The second-order valence-corrected chi connectivity index (χ2v) is 8.43. The van der Waals surface area contributed by atoms with Crippen LogP contribution in [0.25, 0.3) is 0 Å². The summed E-state index contributed by atoms with van der Waals surface area (Å²) in [5.41, 5.74) is -0.259. The molecule has 1 atom stereocenters. The number of aromatic hydroxyl groups is 1. The Morgan fingerprint density at radius 2 is 1.51 bits per heavy atom. The van der Waals surface area contributed by atoms with Crippen LogP contribution in [0.3, 0.4) is 0 Å². The van der Waals surface area contributed by atoms with Crippen LogP contribution in [0.2, 0.25) is 0 Å². The van der Waals surface area contributed by atoms with Gasteiger partial charge in [0, 0.05) is 41.8 Å². The standard InChI is InChI=1S/C27H29NO11/c1-13-7-17(29)22(27(31)39-13)15(16-10-20(34-4)25-26(23(16)35-5)38-12-37-25)11-21(30)28-14-8-18(32-2)24(36-6)19(9-14)33-3/h7-10,15,29H,11-12H2,1-6H3,(H,28,30)/t15-/m1/s1. The van der Waals surface area contributed by atoms with Crippen molar-refractivity contribution in [1.29, 1.82) is 0 Å². The van der Waals surface area contributed by atoms with Gasteiger partial charge in [0.1, 0.15) is 11.5 Å². The zero-order valence-electron chi connectivity index (χ0n) is 22.3. The molecule has 1 aromatic heterocycles. The molecule has 0 saturated carbocycles. The lowest BCUT2D eigenvalue weighted by atomic mass is 9.87. The van der Waals surface area contributed by atoms with Gasteiger partial charge in [-0.25, -0.2) is 4.79 Å². The molecule has 2 heterocycles. The van der Waals surface area contributed by atoms with Crippen LogP contribution in [0.5, 0.6) is 46.0 Å². The molecular formula is C27H29NO11. The minimum atomic E-state index is -1.04. The fourth-order valence-corrected chi connectivity index (χ4v) is 4.50. The maximum atomic E-state index is 13.4. The third-order valence-electron chi connectivity index (χ3n) is 6.17. The third kappa shape index (κ3) is 5.17. The summed E-state index contributed by atoms with van der Waals surface area (Å²) < 4.78 is 43.6. The molecule has 0 spiro atoms. The molecule has 1 amide bonds. The maximum Gasteiger partial charge on any atom is 0.343 e. The molecule has 0 radical (unpaired) electrons.